The summed E-state index contributed by atoms with van der Waals surface area (Å²) in [5.74, 6) is -0.110. The van der Waals surface area contributed by atoms with Crippen LogP contribution in [0.25, 0.3) is 10.9 Å². The molecule has 2 aromatic carbocycles. The van der Waals surface area contributed by atoms with Crippen molar-refractivity contribution in [3.05, 3.63) is 60.3 Å². The van der Waals surface area contributed by atoms with Crippen molar-refractivity contribution in [3.8, 4) is 0 Å². The third kappa shape index (κ3) is 5.74. The van der Waals surface area contributed by atoms with Gasteiger partial charge < -0.3 is 24.8 Å². The first-order chi connectivity index (χ1) is 17.8. The number of alkyl carbamates (subject to hydrolysis) is 1. The van der Waals surface area contributed by atoms with Crippen molar-refractivity contribution >= 4 is 34.3 Å². The van der Waals surface area contributed by atoms with Gasteiger partial charge in [-0.3, -0.25) is 9.69 Å². The number of hydrogen-bond donors (Lipinski definition) is 2. The largest absolute Gasteiger partial charge is 0.444 e. The summed E-state index contributed by atoms with van der Waals surface area (Å²) in [6.45, 7) is 9.93. The fourth-order valence-corrected chi connectivity index (χ4v) is 5.48. The van der Waals surface area contributed by atoms with Gasteiger partial charge in [-0.1, -0.05) is 24.3 Å². The topological polar surface area (TPSA) is 80.9 Å². The normalized spacial score (nSPS) is 18.5. The second-order valence-corrected chi connectivity index (χ2v) is 10.9. The summed E-state index contributed by atoms with van der Waals surface area (Å²) in [6.07, 6.45) is 3.27. The van der Waals surface area contributed by atoms with Crippen LogP contribution in [0.3, 0.4) is 0 Å². The number of benzene rings is 2. The molecule has 2 N–H and O–H groups in total. The Morgan fingerprint density at radius 1 is 1.00 bits per heavy atom. The Morgan fingerprint density at radius 2 is 1.76 bits per heavy atom. The molecule has 2 aliphatic rings. The molecule has 0 saturated carbocycles. The number of fused-ring (bicyclic) bond motifs is 2. The van der Waals surface area contributed by atoms with Crippen LogP contribution in [0.15, 0.2) is 54.7 Å². The second-order valence-electron chi connectivity index (χ2n) is 10.9. The van der Waals surface area contributed by atoms with Crippen LogP contribution in [0.1, 0.15) is 32.8 Å². The number of aryl methyl sites for hydroxylation is 1. The average molecular weight is 504 g/mol. The lowest BCUT2D eigenvalue weighted by Gasteiger charge is -2.42. The Bertz CT molecular complexity index is 1260. The molecule has 1 atom stereocenters. The maximum atomic E-state index is 13.4. The number of piperazine rings is 1. The molecule has 2 aliphatic heterocycles. The summed E-state index contributed by atoms with van der Waals surface area (Å²) >= 11 is 0. The Labute approximate surface area is 218 Å². The maximum absolute atomic E-state index is 13.4. The van der Waals surface area contributed by atoms with E-state index >= 15 is 0 Å². The van der Waals surface area contributed by atoms with E-state index in [9.17, 15) is 9.59 Å². The molecule has 0 radical (unpaired) electrons. The van der Waals surface area contributed by atoms with Crippen molar-refractivity contribution in [1.29, 1.82) is 0 Å². The first-order valence-electron chi connectivity index (χ1n) is 13.2. The third-order valence-corrected chi connectivity index (χ3v) is 7.17. The monoisotopic (exact) mass is 503 g/mol. The van der Waals surface area contributed by atoms with Crippen LogP contribution in [0.2, 0.25) is 0 Å². The van der Waals surface area contributed by atoms with Gasteiger partial charge in [-0.25, -0.2) is 4.79 Å². The Hall–Kier alpha value is -3.52. The average Bonchev–Trinajstić information content (AvgIpc) is 3.36. The molecular formula is C29H37N5O3. The molecule has 1 aromatic heterocycles. The molecule has 2 amide bonds. The predicted octanol–water partition coefficient (Wildman–Crippen LogP) is 4.16. The summed E-state index contributed by atoms with van der Waals surface area (Å²) < 4.78 is 5.33. The van der Waals surface area contributed by atoms with Crippen LogP contribution in [0, 0.1) is 0 Å². The molecule has 0 bridgehead atoms. The molecule has 37 heavy (non-hydrogen) atoms. The molecule has 8 heteroatoms. The van der Waals surface area contributed by atoms with Crippen LogP contribution in [-0.2, 0) is 16.0 Å². The number of carbonyl (C=O) groups is 2. The lowest BCUT2D eigenvalue weighted by Crippen LogP contribution is -2.55. The number of amides is 2. The van der Waals surface area contributed by atoms with Gasteiger partial charge in [0.25, 0.3) is 0 Å². The van der Waals surface area contributed by atoms with E-state index in [-0.39, 0.29) is 18.5 Å². The predicted molar refractivity (Wildman–Crippen MR) is 147 cm³/mol. The molecule has 1 unspecified atom stereocenters. The van der Waals surface area contributed by atoms with Gasteiger partial charge >= 0.3 is 6.09 Å². The molecular weight excluding hydrogens is 466 g/mol. The van der Waals surface area contributed by atoms with E-state index in [1.165, 1.54) is 16.6 Å². The lowest BCUT2D eigenvalue weighted by atomic mass is 9.95. The minimum atomic E-state index is -0.609. The van der Waals surface area contributed by atoms with E-state index in [0.29, 0.717) is 0 Å². The SMILES string of the molecule is CC(C)(C)OC(=O)NCC(=O)N1c2ccccc2CCC1CN1CCN(c2cccc3[nH]ccc23)CC1. The summed E-state index contributed by atoms with van der Waals surface area (Å²) in [4.78, 5) is 35.8. The van der Waals surface area contributed by atoms with E-state index in [1.807, 2.05) is 50.1 Å². The van der Waals surface area contributed by atoms with E-state index in [4.69, 9.17) is 4.74 Å². The number of nitrogens with one attached hydrogen (secondary N) is 2. The van der Waals surface area contributed by atoms with Crippen LogP contribution in [0.5, 0.6) is 0 Å². The van der Waals surface area contributed by atoms with Gasteiger partial charge in [0.1, 0.15) is 12.1 Å². The molecule has 196 valence electrons. The first-order valence-corrected chi connectivity index (χ1v) is 13.2. The summed E-state index contributed by atoms with van der Waals surface area (Å²) in [5, 5.41) is 3.91. The van der Waals surface area contributed by atoms with Gasteiger partial charge in [-0.2, -0.15) is 0 Å². The highest BCUT2D eigenvalue weighted by molar-refractivity contribution is 5.98. The number of para-hydroxylation sites is 1. The number of aromatic amines is 1. The van der Waals surface area contributed by atoms with Crippen molar-refractivity contribution < 1.29 is 14.3 Å². The zero-order chi connectivity index (χ0) is 26.0. The Morgan fingerprint density at radius 3 is 2.54 bits per heavy atom. The van der Waals surface area contributed by atoms with Crippen LogP contribution >= 0.6 is 0 Å². The Kier molecular flexibility index (Phi) is 7.11. The van der Waals surface area contributed by atoms with E-state index in [1.54, 1.807) is 0 Å². The minimum absolute atomic E-state index is 0.0579. The van der Waals surface area contributed by atoms with Crippen molar-refractivity contribution in [3.63, 3.8) is 0 Å². The van der Waals surface area contributed by atoms with Crippen molar-refractivity contribution in [2.24, 2.45) is 0 Å². The summed E-state index contributed by atoms with van der Waals surface area (Å²) in [5.41, 5.74) is 3.95. The number of nitrogens with zero attached hydrogens (tertiary/aromatic N) is 3. The van der Waals surface area contributed by atoms with E-state index in [2.05, 4.69) is 50.4 Å². The van der Waals surface area contributed by atoms with Crippen molar-refractivity contribution in [1.82, 2.24) is 15.2 Å². The van der Waals surface area contributed by atoms with Crippen LogP contribution in [-0.4, -0.2) is 72.8 Å². The number of hydrogen-bond acceptors (Lipinski definition) is 5. The first kappa shape index (κ1) is 25.1. The van der Waals surface area contributed by atoms with Gasteiger partial charge in [-0.05, 0) is 63.4 Å². The van der Waals surface area contributed by atoms with Gasteiger partial charge in [0.2, 0.25) is 5.91 Å². The summed E-state index contributed by atoms with van der Waals surface area (Å²) in [6, 6.07) is 16.7. The van der Waals surface area contributed by atoms with Gasteiger partial charge in [0, 0.05) is 67.2 Å². The van der Waals surface area contributed by atoms with Crippen molar-refractivity contribution in [2.45, 2.75) is 45.3 Å². The molecule has 5 rings (SSSR count). The number of anilines is 2. The van der Waals surface area contributed by atoms with Crippen LogP contribution in [0.4, 0.5) is 16.2 Å². The molecule has 1 saturated heterocycles. The van der Waals surface area contributed by atoms with Gasteiger partial charge in [-0.15, -0.1) is 0 Å². The molecule has 3 heterocycles. The Balaban J connectivity index is 1.25. The zero-order valence-electron chi connectivity index (χ0n) is 22.0. The number of ether oxygens (including phenoxy) is 1. The molecule has 0 spiro atoms. The standard InChI is InChI=1S/C29H37N5O3/c1-29(2,3)37-28(36)31-19-27(35)34-22(12-11-21-7-4-5-9-25(21)34)20-32-15-17-33(18-16-32)26-10-6-8-24-23(26)13-14-30-24/h4-10,13-14,22,30H,11-12,15-20H2,1-3H3,(H,31,36). The molecule has 1 fully saturated rings. The quantitative estimate of drug-likeness (QED) is 0.547. The summed E-state index contributed by atoms with van der Waals surface area (Å²) in [7, 11) is 0. The van der Waals surface area contributed by atoms with Gasteiger partial charge in [0.15, 0.2) is 0 Å². The lowest BCUT2D eigenvalue weighted by molar-refractivity contribution is -0.118. The number of H-pyrrole nitrogens is 1. The maximum Gasteiger partial charge on any atom is 0.408 e. The fraction of sp³-hybridized carbons (Fsp3) is 0.448. The van der Waals surface area contributed by atoms with E-state index < -0.39 is 11.7 Å². The molecule has 8 nitrogen and oxygen atoms in total. The van der Waals surface area contributed by atoms with Crippen molar-refractivity contribution in [2.75, 3.05) is 49.1 Å². The van der Waals surface area contributed by atoms with Crippen LogP contribution < -0.4 is 15.1 Å². The molecule has 3 aromatic rings. The molecule has 0 aliphatic carbocycles. The van der Waals surface area contributed by atoms with Gasteiger partial charge in [0.05, 0.1) is 0 Å². The highest BCUT2D eigenvalue weighted by Crippen LogP contribution is 2.32. The minimum Gasteiger partial charge on any atom is -0.444 e. The highest BCUT2D eigenvalue weighted by atomic mass is 16.6. The second kappa shape index (κ2) is 10.5. The van der Waals surface area contributed by atoms with E-state index in [0.717, 1.165) is 56.8 Å². The highest BCUT2D eigenvalue weighted by Gasteiger charge is 2.33. The smallest absolute Gasteiger partial charge is 0.408 e. The number of carbonyl (C=O) groups excluding carboxylic acids is 2. The number of rotatable bonds is 5. The third-order valence-electron chi connectivity index (χ3n) is 7.17. The number of aromatic nitrogens is 1. The zero-order valence-corrected chi connectivity index (χ0v) is 22.0. The fourth-order valence-electron chi connectivity index (χ4n) is 5.48.